The second-order valence-corrected chi connectivity index (χ2v) is 10.8. The van der Waals surface area contributed by atoms with Gasteiger partial charge in [-0.1, -0.05) is 11.3 Å². The van der Waals surface area contributed by atoms with E-state index >= 15 is 0 Å². The lowest BCUT2D eigenvalue weighted by Gasteiger charge is -2.46. The van der Waals surface area contributed by atoms with Crippen molar-refractivity contribution in [3.05, 3.63) is 35.3 Å². The van der Waals surface area contributed by atoms with E-state index in [0.29, 0.717) is 32.3 Å². The Bertz CT molecular complexity index is 1390. The number of aromatic hydroxyl groups is 1. The van der Waals surface area contributed by atoms with Gasteiger partial charge in [-0.25, -0.2) is 9.67 Å². The van der Waals surface area contributed by atoms with Crippen molar-refractivity contribution in [2.75, 3.05) is 0 Å². The Morgan fingerprint density at radius 1 is 1.12 bits per heavy atom. The van der Waals surface area contributed by atoms with Crippen LogP contribution in [0.4, 0.5) is 0 Å². The van der Waals surface area contributed by atoms with E-state index in [4.69, 9.17) is 5.26 Å². The van der Waals surface area contributed by atoms with E-state index in [1.807, 2.05) is 10.7 Å². The van der Waals surface area contributed by atoms with Crippen molar-refractivity contribution in [3.8, 4) is 33.6 Å². The largest absolute Gasteiger partial charge is 0.507 e. The second kappa shape index (κ2) is 8.58. The summed E-state index contributed by atoms with van der Waals surface area (Å²) in [4.78, 5) is 4.76. The lowest BCUT2D eigenvalue weighted by Crippen LogP contribution is -2.58. The molecule has 176 valence electrons. The minimum atomic E-state index is -0.0307. The molecule has 1 fully saturated rings. The van der Waals surface area contributed by atoms with Gasteiger partial charge in [0.15, 0.2) is 0 Å². The first-order valence-corrected chi connectivity index (χ1v) is 11.5. The molecule has 4 heterocycles. The topological polar surface area (TPSA) is 125 Å². The molecule has 0 amide bonds. The maximum atomic E-state index is 10.7. The van der Waals surface area contributed by atoms with Crippen LogP contribution in [-0.4, -0.2) is 46.4 Å². The fourth-order valence-electron chi connectivity index (χ4n) is 4.91. The smallest absolute Gasteiger partial charge is 0.201 e. The summed E-state index contributed by atoms with van der Waals surface area (Å²) < 4.78 is 1.88. The number of hydrogen-bond donors (Lipinski definition) is 2. The number of aromatic nitrogens is 6. The molecule has 1 saturated heterocycles. The van der Waals surface area contributed by atoms with Crippen LogP contribution in [0.25, 0.3) is 33.0 Å². The zero-order valence-corrected chi connectivity index (χ0v) is 20.9. The third-order valence-electron chi connectivity index (χ3n) is 5.87. The number of nitrogens with one attached hydrogen (secondary N) is 1. The van der Waals surface area contributed by atoms with Gasteiger partial charge in [0.2, 0.25) is 5.65 Å². The molecule has 1 aliphatic rings. The molecule has 0 atom stereocenters. The summed E-state index contributed by atoms with van der Waals surface area (Å²) in [6.45, 7) is 8.79. The highest BCUT2D eigenvalue weighted by Crippen LogP contribution is 2.37. The summed E-state index contributed by atoms with van der Waals surface area (Å²) in [5, 5.41) is 41.6. The summed E-state index contributed by atoms with van der Waals surface area (Å²) >= 11 is 1.28. The van der Waals surface area contributed by atoms with Crippen molar-refractivity contribution in [2.45, 2.75) is 57.7 Å². The van der Waals surface area contributed by atoms with Crippen LogP contribution >= 0.6 is 23.7 Å². The minimum Gasteiger partial charge on any atom is -0.507 e. The van der Waals surface area contributed by atoms with Crippen LogP contribution in [0.1, 0.15) is 51.5 Å². The molecule has 0 saturated carbocycles. The minimum absolute atomic E-state index is 0. The van der Waals surface area contributed by atoms with Gasteiger partial charge in [0.1, 0.15) is 27.2 Å². The fourth-order valence-corrected chi connectivity index (χ4v) is 5.62. The van der Waals surface area contributed by atoms with Crippen LogP contribution in [0.5, 0.6) is 5.75 Å². The fraction of sp³-hybridized carbons (Fsp3) is 0.391. The first kappa shape index (κ1) is 24.0. The van der Waals surface area contributed by atoms with E-state index in [1.54, 1.807) is 18.2 Å². The van der Waals surface area contributed by atoms with Crippen LogP contribution in [0.3, 0.4) is 0 Å². The Balaban J connectivity index is 0.00000274. The normalized spacial score (nSPS) is 17.3. The third kappa shape index (κ3) is 4.46. The zero-order chi connectivity index (χ0) is 23.4. The first-order valence-electron chi connectivity index (χ1n) is 10.7. The monoisotopic (exact) mass is 496 g/mol. The van der Waals surface area contributed by atoms with Gasteiger partial charge in [0, 0.05) is 22.2 Å². The van der Waals surface area contributed by atoms with Gasteiger partial charge in [-0.05, 0) is 58.7 Å². The highest BCUT2D eigenvalue weighted by atomic mass is 35.5. The van der Waals surface area contributed by atoms with Crippen molar-refractivity contribution in [2.24, 2.45) is 0 Å². The molecule has 5 rings (SSSR count). The molecule has 0 aliphatic carbocycles. The number of nitriles is 1. The number of piperidine rings is 1. The maximum Gasteiger partial charge on any atom is 0.201 e. The average molecular weight is 497 g/mol. The summed E-state index contributed by atoms with van der Waals surface area (Å²) in [5.74, 6) is 0.0594. The van der Waals surface area contributed by atoms with E-state index in [1.165, 1.54) is 17.5 Å². The Morgan fingerprint density at radius 3 is 2.50 bits per heavy atom. The Hall–Kier alpha value is -3.13. The first-order chi connectivity index (χ1) is 15.6. The molecule has 1 aliphatic heterocycles. The Morgan fingerprint density at radius 2 is 1.85 bits per heavy atom. The molecule has 9 nitrogen and oxygen atoms in total. The summed E-state index contributed by atoms with van der Waals surface area (Å²) in [5.41, 5.74) is 3.01. The van der Waals surface area contributed by atoms with E-state index in [-0.39, 0.29) is 35.3 Å². The molecular weight excluding hydrogens is 472 g/mol. The van der Waals surface area contributed by atoms with Crippen molar-refractivity contribution in [3.63, 3.8) is 0 Å². The van der Waals surface area contributed by atoms with Gasteiger partial charge in [-0.3, -0.25) is 0 Å². The third-order valence-corrected chi connectivity index (χ3v) is 6.82. The summed E-state index contributed by atoms with van der Waals surface area (Å²) in [7, 11) is 0. The van der Waals surface area contributed by atoms with Crippen LogP contribution in [0.15, 0.2) is 30.5 Å². The zero-order valence-electron chi connectivity index (χ0n) is 19.3. The van der Waals surface area contributed by atoms with Crippen LogP contribution < -0.4 is 5.32 Å². The molecule has 34 heavy (non-hydrogen) atoms. The average Bonchev–Trinajstić information content (AvgIpc) is 3.38. The van der Waals surface area contributed by atoms with Crippen LogP contribution in [0.2, 0.25) is 0 Å². The molecule has 3 aromatic heterocycles. The molecule has 2 N–H and O–H groups in total. The second-order valence-electron chi connectivity index (χ2n) is 9.80. The highest BCUT2D eigenvalue weighted by molar-refractivity contribution is 7.15. The number of phenols is 1. The summed E-state index contributed by atoms with van der Waals surface area (Å²) in [6, 6.07) is 9.28. The molecule has 0 bridgehead atoms. The molecular formula is C23H25ClN8OS. The molecule has 0 unspecified atom stereocenters. The molecule has 4 aromatic rings. The van der Waals surface area contributed by atoms with Gasteiger partial charge in [-0.15, -0.1) is 39.0 Å². The van der Waals surface area contributed by atoms with Crippen molar-refractivity contribution in [1.82, 2.24) is 35.5 Å². The van der Waals surface area contributed by atoms with E-state index < -0.39 is 0 Å². The lowest BCUT2D eigenvalue weighted by molar-refractivity contribution is 0.127. The number of phenolic OH excluding ortho intramolecular Hbond substituents is 1. The number of hydrogen-bond acceptors (Lipinski definition) is 9. The van der Waals surface area contributed by atoms with Gasteiger partial charge in [-0.2, -0.15) is 5.26 Å². The quantitative estimate of drug-likeness (QED) is 0.424. The van der Waals surface area contributed by atoms with Crippen molar-refractivity contribution < 1.29 is 5.11 Å². The van der Waals surface area contributed by atoms with Gasteiger partial charge in [0.25, 0.3) is 0 Å². The number of fused-ring (bicyclic) bond motifs is 1. The predicted octanol–water partition coefficient (Wildman–Crippen LogP) is 4.49. The SMILES string of the molecule is CC1(C)CC(n2nnc3cc(-c4ccc(-c5ncc(C#N)s5)cc4O)nnc32)CC(C)(C)N1.Cl. The Labute approximate surface area is 207 Å². The van der Waals surface area contributed by atoms with E-state index in [2.05, 4.69) is 64.6 Å². The van der Waals surface area contributed by atoms with Gasteiger partial charge in [0.05, 0.1) is 17.9 Å². The number of rotatable bonds is 3. The van der Waals surface area contributed by atoms with E-state index in [9.17, 15) is 5.11 Å². The molecule has 0 radical (unpaired) electrons. The van der Waals surface area contributed by atoms with Gasteiger partial charge >= 0.3 is 0 Å². The summed E-state index contributed by atoms with van der Waals surface area (Å²) in [6.07, 6.45) is 3.34. The van der Waals surface area contributed by atoms with E-state index in [0.717, 1.165) is 18.4 Å². The maximum absolute atomic E-state index is 10.7. The standard InChI is InChI=1S/C23H24N8OS.ClH/c1-22(2)9-14(10-23(3,4)29-22)31-20-18(27-30-31)8-17(26-28-20)16-6-5-13(7-19(16)32)21-25-12-15(11-24)33-21;/h5-8,12,14,29,32H,9-10H2,1-4H3;1H. The van der Waals surface area contributed by atoms with Gasteiger partial charge < -0.3 is 10.4 Å². The number of thiazole rings is 1. The Kier molecular flexibility index (Phi) is 6.06. The molecule has 1 aromatic carbocycles. The highest BCUT2D eigenvalue weighted by Gasteiger charge is 2.39. The predicted molar refractivity (Wildman–Crippen MR) is 133 cm³/mol. The molecule has 11 heteroatoms. The number of benzene rings is 1. The van der Waals surface area contributed by atoms with Crippen LogP contribution in [0, 0.1) is 11.3 Å². The van der Waals surface area contributed by atoms with Crippen LogP contribution in [-0.2, 0) is 0 Å². The lowest BCUT2D eigenvalue weighted by atomic mass is 9.80. The van der Waals surface area contributed by atoms with Crippen molar-refractivity contribution in [1.29, 1.82) is 5.26 Å². The number of halogens is 1. The molecule has 0 spiro atoms. The number of nitrogens with zero attached hydrogens (tertiary/aromatic N) is 7. The van der Waals surface area contributed by atoms with Crippen molar-refractivity contribution >= 4 is 34.9 Å².